The van der Waals surface area contributed by atoms with Gasteiger partial charge in [-0.15, -0.1) is 0 Å². The number of hydrogen-bond donors (Lipinski definition) is 0. The Balaban J connectivity index is 2.51. The maximum absolute atomic E-state index is 11.5. The molecule has 0 spiro atoms. The minimum absolute atomic E-state index is 0.149. The lowest BCUT2D eigenvalue weighted by atomic mass is 10.2. The summed E-state index contributed by atoms with van der Waals surface area (Å²) in [5.41, 5.74) is 0.894. The van der Waals surface area contributed by atoms with Gasteiger partial charge in [-0.1, -0.05) is 0 Å². The van der Waals surface area contributed by atoms with E-state index < -0.39 is 5.97 Å². The second kappa shape index (κ2) is 5.22. The van der Waals surface area contributed by atoms with Crippen LogP contribution in [0.1, 0.15) is 10.5 Å². The molecule has 0 unspecified atom stereocenters. The number of carbonyl (C=O) groups excluding carboxylic acids is 1. The van der Waals surface area contributed by atoms with Gasteiger partial charge in [0.05, 0.1) is 14.2 Å². The van der Waals surface area contributed by atoms with Gasteiger partial charge in [-0.25, -0.2) is 9.78 Å². The number of hydrogen-bond acceptors (Lipinski definition) is 6. The molecule has 0 aliphatic rings. The number of carbonyl (C=O) groups is 1. The number of esters is 1. The monoisotopic (exact) mass is 245 g/mol. The molecule has 0 N–H and O–H groups in total. The summed E-state index contributed by atoms with van der Waals surface area (Å²) in [7, 11) is 2.77. The zero-order valence-electron chi connectivity index (χ0n) is 9.95. The van der Waals surface area contributed by atoms with Gasteiger partial charge >= 0.3 is 5.97 Å². The minimum atomic E-state index is -0.536. The van der Waals surface area contributed by atoms with Crippen LogP contribution in [0, 0.1) is 0 Å². The lowest BCUT2D eigenvalue weighted by Crippen LogP contribution is -2.07. The summed E-state index contributed by atoms with van der Waals surface area (Å²) in [5.74, 6) is 0.153. The second-order valence-electron chi connectivity index (χ2n) is 3.35. The van der Waals surface area contributed by atoms with Gasteiger partial charge in [0, 0.05) is 24.0 Å². The molecule has 0 saturated heterocycles. The van der Waals surface area contributed by atoms with Crippen LogP contribution in [-0.2, 0) is 4.74 Å². The lowest BCUT2D eigenvalue weighted by Gasteiger charge is -2.05. The van der Waals surface area contributed by atoms with Gasteiger partial charge in [0.1, 0.15) is 0 Å². The van der Waals surface area contributed by atoms with Crippen LogP contribution in [0.5, 0.6) is 5.88 Å². The van der Waals surface area contributed by atoms with Crippen LogP contribution in [0.25, 0.3) is 11.4 Å². The first-order valence-corrected chi connectivity index (χ1v) is 5.16. The van der Waals surface area contributed by atoms with Gasteiger partial charge < -0.3 is 9.47 Å². The van der Waals surface area contributed by atoms with Crippen LogP contribution in [0.15, 0.2) is 30.6 Å². The van der Waals surface area contributed by atoms with E-state index in [9.17, 15) is 4.79 Å². The standard InChI is InChI=1S/C12H11N3O3/c1-17-10-7-9(12(16)18-2)14-11(15-10)8-3-5-13-6-4-8/h3-7H,1-2H3. The van der Waals surface area contributed by atoms with E-state index >= 15 is 0 Å². The van der Waals surface area contributed by atoms with Gasteiger partial charge in [-0.3, -0.25) is 4.98 Å². The fourth-order valence-electron chi connectivity index (χ4n) is 1.37. The van der Waals surface area contributed by atoms with Crippen molar-refractivity contribution in [3.63, 3.8) is 0 Å². The third-order valence-electron chi connectivity index (χ3n) is 2.24. The Morgan fingerprint density at radius 2 is 1.89 bits per heavy atom. The van der Waals surface area contributed by atoms with E-state index in [4.69, 9.17) is 4.74 Å². The van der Waals surface area contributed by atoms with Crippen LogP contribution in [0.2, 0.25) is 0 Å². The summed E-state index contributed by atoms with van der Waals surface area (Å²) in [4.78, 5) is 23.7. The van der Waals surface area contributed by atoms with Crippen molar-refractivity contribution in [2.75, 3.05) is 14.2 Å². The first-order valence-electron chi connectivity index (χ1n) is 5.16. The van der Waals surface area contributed by atoms with Crippen LogP contribution in [0.3, 0.4) is 0 Å². The normalized spacial score (nSPS) is 9.89. The summed E-state index contributed by atoms with van der Waals surface area (Å²) in [5, 5.41) is 0. The average molecular weight is 245 g/mol. The highest BCUT2D eigenvalue weighted by atomic mass is 16.5. The van der Waals surface area contributed by atoms with E-state index in [1.807, 2.05) is 0 Å². The van der Waals surface area contributed by atoms with Gasteiger partial charge in [0.2, 0.25) is 5.88 Å². The van der Waals surface area contributed by atoms with Gasteiger partial charge in [0.15, 0.2) is 11.5 Å². The quantitative estimate of drug-likeness (QED) is 0.759. The topological polar surface area (TPSA) is 74.2 Å². The van der Waals surface area contributed by atoms with Crippen LogP contribution in [0.4, 0.5) is 0 Å². The van der Waals surface area contributed by atoms with Crippen molar-refractivity contribution >= 4 is 5.97 Å². The van der Waals surface area contributed by atoms with E-state index in [0.717, 1.165) is 5.56 Å². The minimum Gasteiger partial charge on any atom is -0.481 e. The molecule has 6 heteroatoms. The average Bonchev–Trinajstić information content (AvgIpc) is 2.46. The summed E-state index contributed by atoms with van der Waals surface area (Å²) in [6.45, 7) is 0. The first-order chi connectivity index (χ1) is 8.74. The Labute approximate surface area is 104 Å². The summed E-state index contributed by atoms with van der Waals surface area (Å²) in [6, 6.07) is 4.92. The molecule has 0 atom stereocenters. The van der Waals surface area contributed by atoms with Crippen molar-refractivity contribution in [1.82, 2.24) is 15.0 Å². The Kier molecular flexibility index (Phi) is 3.47. The van der Waals surface area contributed by atoms with Gasteiger partial charge in [0.25, 0.3) is 0 Å². The molecule has 0 radical (unpaired) electrons. The van der Waals surface area contributed by atoms with Crippen molar-refractivity contribution < 1.29 is 14.3 Å². The third kappa shape index (κ3) is 2.42. The van der Waals surface area contributed by atoms with Crippen molar-refractivity contribution in [3.05, 3.63) is 36.3 Å². The third-order valence-corrected chi connectivity index (χ3v) is 2.24. The van der Waals surface area contributed by atoms with Crippen molar-refractivity contribution in [2.24, 2.45) is 0 Å². The van der Waals surface area contributed by atoms with Gasteiger partial charge in [-0.05, 0) is 12.1 Å². The predicted octanol–water partition coefficient (Wildman–Crippen LogP) is 1.33. The zero-order chi connectivity index (χ0) is 13.0. The largest absolute Gasteiger partial charge is 0.481 e. The van der Waals surface area contributed by atoms with Crippen LogP contribution < -0.4 is 4.74 Å². The Bertz CT molecular complexity index is 558. The number of rotatable bonds is 3. The molecule has 0 aromatic carbocycles. The first kappa shape index (κ1) is 12.0. The van der Waals surface area contributed by atoms with Crippen LogP contribution >= 0.6 is 0 Å². The number of pyridine rings is 1. The molecular formula is C12H11N3O3. The fraction of sp³-hybridized carbons (Fsp3) is 0.167. The van der Waals surface area contributed by atoms with E-state index in [2.05, 4.69) is 19.7 Å². The maximum atomic E-state index is 11.5. The van der Waals surface area contributed by atoms with Crippen molar-refractivity contribution in [2.45, 2.75) is 0 Å². The van der Waals surface area contributed by atoms with Gasteiger partial charge in [-0.2, -0.15) is 4.98 Å². The molecule has 6 nitrogen and oxygen atoms in total. The van der Waals surface area contributed by atoms with E-state index in [1.54, 1.807) is 24.5 Å². The Morgan fingerprint density at radius 1 is 1.17 bits per heavy atom. The Morgan fingerprint density at radius 3 is 2.50 bits per heavy atom. The fourth-order valence-corrected chi connectivity index (χ4v) is 1.37. The van der Waals surface area contributed by atoms with E-state index in [0.29, 0.717) is 11.7 Å². The van der Waals surface area contributed by atoms with Crippen LogP contribution in [-0.4, -0.2) is 35.1 Å². The van der Waals surface area contributed by atoms with E-state index in [1.165, 1.54) is 20.3 Å². The molecule has 0 bridgehead atoms. The van der Waals surface area contributed by atoms with Crippen molar-refractivity contribution in [1.29, 1.82) is 0 Å². The molecular weight excluding hydrogens is 234 g/mol. The molecule has 2 aromatic rings. The molecule has 0 saturated carbocycles. The molecule has 2 heterocycles. The molecule has 0 aliphatic heterocycles. The highest BCUT2D eigenvalue weighted by Crippen LogP contribution is 2.18. The molecule has 92 valence electrons. The smallest absolute Gasteiger partial charge is 0.356 e. The molecule has 0 amide bonds. The number of aromatic nitrogens is 3. The molecule has 2 aromatic heterocycles. The zero-order valence-corrected chi connectivity index (χ0v) is 9.95. The molecule has 0 aliphatic carbocycles. The highest BCUT2D eigenvalue weighted by Gasteiger charge is 2.13. The maximum Gasteiger partial charge on any atom is 0.356 e. The molecule has 2 rings (SSSR count). The number of ether oxygens (including phenoxy) is 2. The van der Waals surface area contributed by atoms with Crippen molar-refractivity contribution in [3.8, 4) is 17.3 Å². The predicted molar refractivity (Wildman–Crippen MR) is 63.2 cm³/mol. The Hall–Kier alpha value is -2.50. The summed E-state index contributed by atoms with van der Waals surface area (Å²) in [6.07, 6.45) is 3.24. The summed E-state index contributed by atoms with van der Waals surface area (Å²) >= 11 is 0. The van der Waals surface area contributed by atoms with E-state index in [-0.39, 0.29) is 5.69 Å². The molecule has 18 heavy (non-hydrogen) atoms. The number of methoxy groups -OCH3 is 2. The lowest BCUT2D eigenvalue weighted by molar-refractivity contribution is 0.0593. The SMILES string of the molecule is COC(=O)c1cc(OC)nc(-c2ccncc2)n1. The number of nitrogens with zero attached hydrogens (tertiary/aromatic N) is 3. The molecule has 0 fully saturated rings. The highest BCUT2D eigenvalue weighted by molar-refractivity contribution is 5.88. The second-order valence-corrected chi connectivity index (χ2v) is 3.35. The summed E-state index contributed by atoms with van der Waals surface area (Å²) < 4.78 is 9.67.